The van der Waals surface area contributed by atoms with E-state index in [9.17, 15) is 9.59 Å². The fourth-order valence-electron chi connectivity index (χ4n) is 4.27. The molecule has 0 aliphatic heterocycles. The summed E-state index contributed by atoms with van der Waals surface area (Å²) in [7, 11) is 0. The zero-order chi connectivity index (χ0) is 21.3. The smallest absolute Gasteiger partial charge is 0.243 e. The van der Waals surface area contributed by atoms with Gasteiger partial charge in [0.15, 0.2) is 0 Å². The zero-order valence-electron chi connectivity index (χ0n) is 18.3. The lowest BCUT2D eigenvalue weighted by Crippen LogP contribution is -2.52. The molecule has 1 saturated carbocycles. The first-order valence-corrected chi connectivity index (χ1v) is 11.3. The Kier molecular flexibility index (Phi) is 8.06. The maximum absolute atomic E-state index is 13.4. The summed E-state index contributed by atoms with van der Waals surface area (Å²) in [5, 5.41) is 3.27. The predicted molar refractivity (Wildman–Crippen MR) is 121 cm³/mol. The van der Waals surface area contributed by atoms with E-state index in [0.29, 0.717) is 19.4 Å². The van der Waals surface area contributed by atoms with Gasteiger partial charge in [-0.2, -0.15) is 0 Å². The van der Waals surface area contributed by atoms with Gasteiger partial charge in [-0.05, 0) is 36.5 Å². The van der Waals surface area contributed by atoms with E-state index in [4.69, 9.17) is 0 Å². The summed E-state index contributed by atoms with van der Waals surface area (Å²) in [5.41, 5.74) is 3.29. The summed E-state index contributed by atoms with van der Waals surface area (Å²) < 4.78 is 0. The molecular formula is C26H34N2O2. The molecule has 3 rings (SSSR count). The van der Waals surface area contributed by atoms with Crippen LogP contribution in [0.4, 0.5) is 0 Å². The van der Waals surface area contributed by atoms with Crippen LogP contribution in [-0.4, -0.2) is 28.8 Å². The molecule has 0 unspecified atom stereocenters. The van der Waals surface area contributed by atoms with Crippen molar-refractivity contribution in [2.45, 2.75) is 77.4 Å². The van der Waals surface area contributed by atoms with Crippen LogP contribution >= 0.6 is 0 Å². The monoisotopic (exact) mass is 406 g/mol. The summed E-state index contributed by atoms with van der Waals surface area (Å²) >= 11 is 0. The molecule has 30 heavy (non-hydrogen) atoms. The molecule has 2 aromatic carbocycles. The third-order valence-corrected chi connectivity index (χ3v) is 6.13. The van der Waals surface area contributed by atoms with Crippen LogP contribution in [0.25, 0.3) is 0 Å². The third kappa shape index (κ3) is 5.94. The first kappa shape index (κ1) is 22.1. The Morgan fingerprint density at radius 3 is 2.33 bits per heavy atom. The lowest BCUT2D eigenvalue weighted by molar-refractivity contribution is -0.141. The molecule has 1 N–H and O–H groups in total. The Morgan fingerprint density at radius 1 is 1.00 bits per heavy atom. The number of aryl methyl sites for hydroxylation is 1. The standard InChI is InChI=1S/C26H34N2O2/c1-3-25(29)28(19-22-15-11-10-12-20(22)2)24(18-21-13-6-4-7-14-21)26(30)27-23-16-8-5-9-17-23/h4,6-7,10-15,23-24H,3,5,8-9,16-19H2,1-2H3,(H,27,30)/t24-/m1/s1. The Balaban J connectivity index is 1.87. The molecule has 2 amide bonds. The molecule has 1 aliphatic carbocycles. The van der Waals surface area contributed by atoms with Crippen LogP contribution < -0.4 is 5.32 Å². The van der Waals surface area contributed by atoms with Crippen molar-refractivity contribution in [3.63, 3.8) is 0 Å². The number of hydrogen-bond acceptors (Lipinski definition) is 2. The van der Waals surface area contributed by atoms with E-state index in [-0.39, 0.29) is 17.9 Å². The highest BCUT2D eigenvalue weighted by Gasteiger charge is 2.31. The van der Waals surface area contributed by atoms with Crippen molar-refractivity contribution in [1.82, 2.24) is 10.2 Å². The topological polar surface area (TPSA) is 49.4 Å². The van der Waals surface area contributed by atoms with Gasteiger partial charge in [0.25, 0.3) is 0 Å². The van der Waals surface area contributed by atoms with E-state index in [2.05, 4.69) is 18.3 Å². The van der Waals surface area contributed by atoms with Crippen LogP contribution in [-0.2, 0) is 22.6 Å². The van der Waals surface area contributed by atoms with Crippen molar-refractivity contribution in [3.8, 4) is 0 Å². The van der Waals surface area contributed by atoms with E-state index in [0.717, 1.165) is 42.4 Å². The molecule has 4 nitrogen and oxygen atoms in total. The highest BCUT2D eigenvalue weighted by molar-refractivity contribution is 5.88. The van der Waals surface area contributed by atoms with Crippen LogP contribution in [0.2, 0.25) is 0 Å². The van der Waals surface area contributed by atoms with Gasteiger partial charge in [-0.3, -0.25) is 9.59 Å². The van der Waals surface area contributed by atoms with Gasteiger partial charge in [0, 0.05) is 25.4 Å². The maximum atomic E-state index is 13.4. The van der Waals surface area contributed by atoms with Crippen LogP contribution in [0.1, 0.15) is 62.1 Å². The largest absolute Gasteiger partial charge is 0.352 e. The molecule has 0 radical (unpaired) electrons. The number of rotatable bonds is 8. The number of nitrogens with one attached hydrogen (secondary N) is 1. The molecular weight excluding hydrogens is 372 g/mol. The SMILES string of the molecule is CCC(=O)N(Cc1ccccc1C)[C@H](Cc1ccccc1)C(=O)NC1CCCCC1. The van der Waals surface area contributed by atoms with Crippen LogP contribution in [0.3, 0.4) is 0 Å². The second-order valence-corrected chi connectivity index (χ2v) is 8.35. The molecule has 160 valence electrons. The van der Waals surface area contributed by atoms with E-state index < -0.39 is 6.04 Å². The minimum atomic E-state index is -0.513. The second kappa shape index (κ2) is 11.0. The van der Waals surface area contributed by atoms with Gasteiger partial charge in [-0.1, -0.05) is 80.8 Å². The lowest BCUT2D eigenvalue weighted by atomic mass is 9.94. The van der Waals surface area contributed by atoms with Crippen molar-refractivity contribution in [1.29, 1.82) is 0 Å². The van der Waals surface area contributed by atoms with E-state index >= 15 is 0 Å². The normalized spacial score (nSPS) is 15.4. The minimum absolute atomic E-state index is 0.0120. The van der Waals surface area contributed by atoms with Gasteiger partial charge < -0.3 is 10.2 Å². The first-order valence-electron chi connectivity index (χ1n) is 11.3. The summed E-state index contributed by atoms with van der Waals surface area (Å²) in [6, 6.07) is 17.8. The maximum Gasteiger partial charge on any atom is 0.243 e. The van der Waals surface area contributed by atoms with Gasteiger partial charge in [0.05, 0.1) is 0 Å². The predicted octanol–water partition coefficient (Wildman–Crippen LogP) is 4.79. The Bertz CT molecular complexity index is 828. The number of carbonyl (C=O) groups is 2. The Hall–Kier alpha value is -2.62. The van der Waals surface area contributed by atoms with Crippen molar-refractivity contribution < 1.29 is 9.59 Å². The van der Waals surface area contributed by atoms with Crippen molar-refractivity contribution in [3.05, 3.63) is 71.3 Å². The Labute approximate surface area is 180 Å². The molecule has 0 saturated heterocycles. The Morgan fingerprint density at radius 2 is 1.67 bits per heavy atom. The molecule has 2 aromatic rings. The molecule has 0 spiro atoms. The van der Waals surface area contributed by atoms with Crippen molar-refractivity contribution in [2.24, 2.45) is 0 Å². The summed E-state index contributed by atoms with van der Waals surface area (Å²) in [4.78, 5) is 28.2. The molecule has 0 aromatic heterocycles. The fourth-order valence-corrected chi connectivity index (χ4v) is 4.27. The van der Waals surface area contributed by atoms with Crippen molar-refractivity contribution in [2.75, 3.05) is 0 Å². The summed E-state index contributed by atoms with van der Waals surface area (Å²) in [6.45, 7) is 4.37. The highest BCUT2D eigenvalue weighted by atomic mass is 16.2. The molecule has 1 atom stereocenters. The number of nitrogens with zero attached hydrogens (tertiary/aromatic N) is 1. The van der Waals surface area contributed by atoms with E-state index in [1.165, 1.54) is 6.42 Å². The number of amides is 2. The molecule has 0 bridgehead atoms. The lowest BCUT2D eigenvalue weighted by Gasteiger charge is -2.33. The van der Waals surface area contributed by atoms with Gasteiger partial charge in [0.2, 0.25) is 11.8 Å². The molecule has 1 fully saturated rings. The number of hydrogen-bond donors (Lipinski definition) is 1. The quantitative estimate of drug-likeness (QED) is 0.685. The fraction of sp³-hybridized carbons (Fsp3) is 0.462. The van der Waals surface area contributed by atoms with Crippen LogP contribution in [0.5, 0.6) is 0 Å². The van der Waals surface area contributed by atoms with Gasteiger partial charge >= 0.3 is 0 Å². The van der Waals surface area contributed by atoms with Crippen LogP contribution in [0, 0.1) is 6.92 Å². The van der Waals surface area contributed by atoms with Gasteiger partial charge in [-0.15, -0.1) is 0 Å². The number of benzene rings is 2. The second-order valence-electron chi connectivity index (χ2n) is 8.35. The summed E-state index contributed by atoms with van der Waals surface area (Å²) in [6.07, 6.45) is 6.54. The summed E-state index contributed by atoms with van der Waals surface area (Å²) in [5.74, 6) is -0.0147. The third-order valence-electron chi connectivity index (χ3n) is 6.13. The highest BCUT2D eigenvalue weighted by Crippen LogP contribution is 2.20. The van der Waals surface area contributed by atoms with E-state index in [1.807, 2.05) is 55.5 Å². The van der Waals surface area contributed by atoms with Crippen LogP contribution in [0.15, 0.2) is 54.6 Å². The van der Waals surface area contributed by atoms with Gasteiger partial charge in [0.1, 0.15) is 6.04 Å². The van der Waals surface area contributed by atoms with E-state index in [1.54, 1.807) is 4.90 Å². The average Bonchev–Trinajstić information content (AvgIpc) is 2.78. The van der Waals surface area contributed by atoms with Gasteiger partial charge in [-0.25, -0.2) is 0 Å². The first-order chi connectivity index (χ1) is 14.6. The van der Waals surface area contributed by atoms with Crippen molar-refractivity contribution >= 4 is 11.8 Å². The molecule has 0 heterocycles. The molecule has 4 heteroatoms. The number of carbonyl (C=O) groups excluding carboxylic acids is 2. The average molecular weight is 407 g/mol. The minimum Gasteiger partial charge on any atom is -0.352 e. The zero-order valence-corrected chi connectivity index (χ0v) is 18.3. The molecule has 1 aliphatic rings.